The number of aliphatic hydroxyl groups is 1. The molecule has 1 aliphatic rings. The van der Waals surface area contributed by atoms with E-state index in [4.69, 9.17) is 0 Å². The first kappa shape index (κ1) is 9.34. The number of anilines is 1. The third-order valence-corrected chi connectivity index (χ3v) is 2.75. The van der Waals surface area contributed by atoms with Gasteiger partial charge in [0.15, 0.2) is 5.65 Å². The van der Waals surface area contributed by atoms with Crippen molar-refractivity contribution in [3.8, 4) is 0 Å². The normalized spacial score (nSPS) is 20.8. The van der Waals surface area contributed by atoms with Crippen molar-refractivity contribution in [2.45, 2.75) is 12.5 Å². The lowest BCUT2D eigenvalue weighted by Gasteiger charge is -2.15. The summed E-state index contributed by atoms with van der Waals surface area (Å²) in [5, 5.41) is 19.7. The van der Waals surface area contributed by atoms with Crippen LogP contribution in [0, 0.1) is 0 Å². The molecular formula is C9H11N5O2. The fourth-order valence-electron chi connectivity index (χ4n) is 1.91. The number of nitrogens with zero attached hydrogens (tertiary/aromatic N) is 4. The van der Waals surface area contributed by atoms with Crippen LogP contribution < -0.4 is 10.6 Å². The quantitative estimate of drug-likeness (QED) is 0.644. The van der Waals surface area contributed by atoms with Gasteiger partial charge in [-0.05, 0) is 18.6 Å². The lowest BCUT2D eigenvalue weighted by Crippen LogP contribution is -2.24. The smallest absolute Gasteiger partial charge is 0.364 e. The summed E-state index contributed by atoms with van der Waals surface area (Å²) in [6.07, 6.45) is 0.429. The number of aromatic amines is 1. The van der Waals surface area contributed by atoms with E-state index in [0.29, 0.717) is 18.0 Å². The molecule has 1 saturated heterocycles. The highest BCUT2D eigenvalue weighted by atomic mass is 16.3. The lowest BCUT2D eigenvalue weighted by molar-refractivity contribution is 0.198. The second-order valence-corrected chi connectivity index (χ2v) is 3.88. The van der Waals surface area contributed by atoms with Crippen molar-refractivity contribution in [3.63, 3.8) is 0 Å². The molecule has 0 bridgehead atoms. The van der Waals surface area contributed by atoms with Crippen molar-refractivity contribution in [1.29, 1.82) is 0 Å². The zero-order valence-corrected chi connectivity index (χ0v) is 8.50. The zero-order chi connectivity index (χ0) is 11.1. The van der Waals surface area contributed by atoms with Gasteiger partial charge in [0.1, 0.15) is 5.82 Å². The van der Waals surface area contributed by atoms with Crippen molar-refractivity contribution < 1.29 is 5.11 Å². The topological polar surface area (TPSA) is 86.5 Å². The van der Waals surface area contributed by atoms with Crippen LogP contribution in [-0.4, -0.2) is 44.1 Å². The second-order valence-electron chi connectivity index (χ2n) is 3.88. The van der Waals surface area contributed by atoms with E-state index in [1.807, 2.05) is 4.90 Å². The molecule has 1 fully saturated rings. The van der Waals surface area contributed by atoms with Gasteiger partial charge in [-0.1, -0.05) is 0 Å². The highest BCUT2D eigenvalue weighted by molar-refractivity contribution is 5.45. The number of aliphatic hydroxyl groups excluding tert-OH is 1. The van der Waals surface area contributed by atoms with E-state index < -0.39 is 0 Å². The molecule has 0 spiro atoms. The molecule has 0 aromatic carbocycles. The van der Waals surface area contributed by atoms with Gasteiger partial charge in [0.05, 0.1) is 6.10 Å². The highest BCUT2D eigenvalue weighted by Gasteiger charge is 2.21. The molecular weight excluding hydrogens is 210 g/mol. The Hall–Kier alpha value is -1.89. The van der Waals surface area contributed by atoms with Crippen molar-refractivity contribution >= 4 is 11.5 Å². The zero-order valence-electron chi connectivity index (χ0n) is 8.50. The fourth-order valence-corrected chi connectivity index (χ4v) is 1.91. The van der Waals surface area contributed by atoms with Gasteiger partial charge in [0.2, 0.25) is 0 Å². The Morgan fingerprint density at radius 2 is 2.38 bits per heavy atom. The molecule has 2 aromatic rings. The number of β-amino-alcohol motifs (C(OH)–C–C–N with tert-alkyl or cyclic N) is 1. The van der Waals surface area contributed by atoms with E-state index in [-0.39, 0.29) is 11.8 Å². The number of hydrogen-bond donors (Lipinski definition) is 2. The molecule has 16 heavy (non-hydrogen) atoms. The number of rotatable bonds is 1. The Bertz CT molecular complexity index is 575. The summed E-state index contributed by atoms with van der Waals surface area (Å²) in [5.41, 5.74) is 0.144. The number of fused-ring (bicyclic) bond motifs is 1. The maximum absolute atomic E-state index is 11.3. The van der Waals surface area contributed by atoms with E-state index in [9.17, 15) is 9.90 Å². The Labute approximate surface area is 90.3 Å². The standard InChI is InChI=1S/C9H11N5O2/c15-6-3-4-13(5-6)8-2-1-7-10-11-9(16)14(7)12-8/h1-2,6,15H,3-5H2,(H,11,16)/t6-/m1/s1. The van der Waals surface area contributed by atoms with Gasteiger partial charge in [-0.3, -0.25) is 0 Å². The average molecular weight is 221 g/mol. The third-order valence-electron chi connectivity index (χ3n) is 2.75. The molecule has 7 heteroatoms. The van der Waals surface area contributed by atoms with Crippen molar-refractivity contribution in [1.82, 2.24) is 19.8 Å². The Kier molecular flexibility index (Phi) is 1.93. The van der Waals surface area contributed by atoms with Crippen molar-refractivity contribution in [2.75, 3.05) is 18.0 Å². The van der Waals surface area contributed by atoms with Crippen LogP contribution in [0.1, 0.15) is 6.42 Å². The number of hydrogen-bond acceptors (Lipinski definition) is 5. The monoisotopic (exact) mass is 221 g/mol. The molecule has 1 aliphatic heterocycles. The predicted molar refractivity (Wildman–Crippen MR) is 56.4 cm³/mol. The Morgan fingerprint density at radius 3 is 3.12 bits per heavy atom. The minimum atomic E-state index is -0.350. The van der Waals surface area contributed by atoms with Crippen LogP contribution in [0.4, 0.5) is 5.82 Å². The van der Waals surface area contributed by atoms with E-state index >= 15 is 0 Å². The molecule has 0 saturated carbocycles. The molecule has 2 aromatic heterocycles. The summed E-state index contributed by atoms with van der Waals surface area (Å²) in [4.78, 5) is 13.3. The fraction of sp³-hybridized carbons (Fsp3) is 0.444. The first-order chi connectivity index (χ1) is 7.74. The third kappa shape index (κ3) is 1.36. The molecule has 0 amide bonds. The maximum atomic E-state index is 11.3. The van der Waals surface area contributed by atoms with Gasteiger partial charge in [-0.2, -0.15) is 9.61 Å². The summed E-state index contributed by atoms with van der Waals surface area (Å²) in [5.74, 6) is 0.688. The number of nitrogens with one attached hydrogen (secondary N) is 1. The van der Waals surface area contributed by atoms with Crippen LogP contribution in [0.3, 0.4) is 0 Å². The van der Waals surface area contributed by atoms with Crippen LogP contribution in [0.5, 0.6) is 0 Å². The summed E-state index contributed by atoms with van der Waals surface area (Å²) in [6, 6.07) is 3.53. The molecule has 0 aliphatic carbocycles. The molecule has 1 atom stereocenters. The van der Waals surface area contributed by atoms with Gasteiger partial charge < -0.3 is 10.0 Å². The van der Waals surface area contributed by atoms with E-state index in [0.717, 1.165) is 13.0 Å². The Morgan fingerprint density at radius 1 is 1.50 bits per heavy atom. The number of H-pyrrole nitrogens is 1. The van der Waals surface area contributed by atoms with Gasteiger partial charge in [0.25, 0.3) is 0 Å². The summed E-state index contributed by atoms with van der Waals surface area (Å²) >= 11 is 0. The molecule has 7 nitrogen and oxygen atoms in total. The second kappa shape index (κ2) is 3.31. The first-order valence-corrected chi connectivity index (χ1v) is 5.11. The van der Waals surface area contributed by atoms with E-state index in [2.05, 4.69) is 15.3 Å². The molecule has 0 radical (unpaired) electrons. The molecule has 0 unspecified atom stereocenters. The van der Waals surface area contributed by atoms with Gasteiger partial charge >= 0.3 is 5.69 Å². The summed E-state index contributed by atoms with van der Waals surface area (Å²) in [6.45, 7) is 1.32. The lowest BCUT2D eigenvalue weighted by atomic mass is 10.3. The maximum Gasteiger partial charge on any atom is 0.364 e. The van der Waals surface area contributed by atoms with Gasteiger partial charge in [-0.15, -0.1) is 5.10 Å². The summed E-state index contributed by atoms with van der Waals surface area (Å²) in [7, 11) is 0. The predicted octanol–water partition coefficient (Wildman–Crippen LogP) is -1.01. The van der Waals surface area contributed by atoms with Crippen LogP contribution in [0.2, 0.25) is 0 Å². The van der Waals surface area contributed by atoms with Gasteiger partial charge in [-0.25, -0.2) is 9.89 Å². The van der Waals surface area contributed by atoms with E-state index in [1.165, 1.54) is 4.52 Å². The number of aromatic nitrogens is 4. The van der Waals surface area contributed by atoms with Crippen molar-refractivity contribution in [2.24, 2.45) is 0 Å². The van der Waals surface area contributed by atoms with E-state index in [1.54, 1.807) is 12.1 Å². The molecule has 3 heterocycles. The minimum absolute atomic E-state index is 0.307. The molecule has 2 N–H and O–H groups in total. The molecule has 84 valence electrons. The Balaban J connectivity index is 2.04. The van der Waals surface area contributed by atoms with Crippen LogP contribution >= 0.6 is 0 Å². The minimum Gasteiger partial charge on any atom is -0.391 e. The summed E-state index contributed by atoms with van der Waals surface area (Å²) < 4.78 is 1.22. The van der Waals surface area contributed by atoms with Gasteiger partial charge in [0, 0.05) is 13.1 Å². The van der Waals surface area contributed by atoms with Crippen LogP contribution in [0.15, 0.2) is 16.9 Å². The van der Waals surface area contributed by atoms with Crippen LogP contribution in [-0.2, 0) is 0 Å². The van der Waals surface area contributed by atoms with Crippen LogP contribution in [0.25, 0.3) is 5.65 Å². The first-order valence-electron chi connectivity index (χ1n) is 5.11. The largest absolute Gasteiger partial charge is 0.391 e. The molecule has 3 rings (SSSR count). The SMILES string of the molecule is O=c1[nH]nc2ccc(N3CC[C@@H](O)C3)nn12. The average Bonchev–Trinajstić information content (AvgIpc) is 2.86. The highest BCUT2D eigenvalue weighted by Crippen LogP contribution is 2.17. The van der Waals surface area contributed by atoms with Crippen molar-refractivity contribution in [3.05, 3.63) is 22.6 Å².